The topological polar surface area (TPSA) is 66.5 Å². The predicted molar refractivity (Wildman–Crippen MR) is 69.3 cm³/mol. The highest BCUT2D eigenvalue weighted by molar-refractivity contribution is 6.32. The number of phenolic OH excluding ortho intramolecular Hbond substituents is 1. The number of alkyl halides is 3. The average molecular weight is 308 g/mol. The van der Waals surface area contributed by atoms with Crippen molar-refractivity contribution in [2.45, 2.75) is 31.2 Å². The molecule has 2 rings (SSSR count). The first-order chi connectivity index (χ1) is 9.11. The van der Waals surface area contributed by atoms with Gasteiger partial charge in [0.1, 0.15) is 5.75 Å². The van der Waals surface area contributed by atoms with Crippen LogP contribution in [0.1, 0.15) is 30.5 Å². The number of hydrogen-bond acceptors (Lipinski definition) is 3. The van der Waals surface area contributed by atoms with Gasteiger partial charge in [0.25, 0.3) is 0 Å². The fraction of sp³-hybridized carbons (Fsp3) is 0.385. The van der Waals surface area contributed by atoms with Crippen LogP contribution in [-0.4, -0.2) is 22.0 Å². The summed E-state index contributed by atoms with van der Waals surface area (Å²) >= 11 is 5.72. The number of allylic oxidation sites excluding steroid dienone is 1. The van der Waals surface area contributed by atoms with Crippen LogP contribution in [0.2, 0.25) is 5.02 Å². The zero-order chi connectivity index (χ0) is 15.3. The normalized spacial score (nSPS) is 28.6. The predicted octanol–water partition coefficient (Wildman–Crippen LogP) is 3.15. The van der Waals surface area contributed by atoms with Crippen LogP contribution in [-0.2, 0) is 0 Å². The summed E-state index contributed by atoms with van der Waals surface area (Å²) in [6.45, 7) is 1.55. The Labute approximate surface area is 118 Å². The molecule has 2 atom stereocenters. The van der Waals surface area contributed by atoms with Gasteiger partial charge in [-0.2, -0.15) is 13.2 Å². The molecular weight excluding hydrogens is 295 g/mol. The maximum absolute atomic E-state index is 13.1. The lowest BCUT2D eigenvalue weighted by molar-refractivity contribution is -0.267. The van der Waals surface area contributed by atoms with Crippen LogP contribution in [0.3, 0.4) is 0 Å². The van der Waals surface area contributed by atoms with Crippen LogP contribution in [0.15, 0.2) is 18.2 Å². The van der Waals surface area contributed by atoms with Crippen molar-refractivity contribution in [3.8, 4) is 5.75 Å². The van der Waals surface area contributed by atoms with E-state index in [1.54, 1.807) is 6.92 Å². The molecule has 2 unspecified atom stereocenters. The van der Waals surface area contributed by atoms with Gasteiger partial charge in [0, 0.05) is 6.42 Å². The highest BCUT2D eigenvalue weighted by Gasteiger charge is 2.60. The van der Waals surface area contributed by atoms with E-state index in [1.165, 1.54) is 12.1 Å². The smallest absolute Gasteiger partial charge is 0.419 e. The number of aromatic hydroxyl groups is 1. The van der Waals surface area contributed by atoms with Crippen molar-refractivity contribution >= 4 is 17.2 Å². The quantitative estimate of drug-likeness (QED) is 0.690. The molecule has 110 valence electrons. The first kappa shape index (κ1) is 15.2. The molecule has 0 heterocycles. The largest absolute Gasteiger partial charge is 0.506 e. The molecule has 0 fully saturated rings. The summed E-state index contributed by atoms with van der Waals surface area (Å²) in [4.78, 5) is 0. The van der Waals surface area contributed by atoms with Crippen molar-refractivity contribution in [3.63, 3.8) is 0 Å². The fourth-order valence-corrected chi connectivity index (χ4v) is 2.57. The second-order valence-corrected chi connectivity index (χ2v) is 5.19. The van der Waals surface area contributed by atoms with Gasteiger partial charge in [0.15, 0.2) is 5.60 Å². The molecule has 3 nitrogen and oxygen atoms in total. The Balaban J connectivity index is 2.70. The first-order valence-electron chi connectivity index (χ1n) is 5.84. The average Bonchev–Trinajstić information content (AvgIpc) is 2.35. The molecule has 1 aliphatic rings. The van der Waals surface area contributed by atoms with Crippen LogP contribution in [0.5, 0.6) is 5.75 Å². The van der Waals surface area contributed by atoms with Crippen LogP contribution in [0.25, 0.3) is 5.57 Å². The molecule has 0 saturated heterocycles. The summed E-state index contributed by atoms with van der Waals surface area (Å²) in [5.41, 5.74) is 3.25. The third-order valence-corrected chi connectivity index (χ3v) is 3.92. The zero-order valence-corrected chi connectivity index (χ0v) is 11.3. The van der Waals surface area contributed by atoms with Gasteiger partial charge in [-0.15, -0.1) is 0 Å². The van der Waals surface area contributed by atoms with Crippen LogP contribution >= 0.6 is 11.6 Å². The molecule has 0 spiro atoms. The number of phenols is 1. The molecule has 1 aromatic rings. The summed E-state index contributed by atoms with van der Waals surface area (Å²) in [6, 6.07) is 0.762. The van der Waals surface area contributed by atoms with Crippen molar-refractivity contribution in [1.82, 2.24) is 0 Å². The summed E-state index contributed by atoms with van der Waals surface area (Å²) in [7, 11) is 0. The van der Waals surface area contributed by atoms with Crippen molar-refractivity contribution in [3.05, 3.63) is 34.4 Å². The van der Waals surface area contributed by atoms with E-state index >= 15 is 0 Å². The second-order valence-electron chi connectivity index (χ2n) is 4.78. The standard InChI is InChI=1S/C13H13ClF3NO2/c1-2-6-5-12(20,13(15,16)17)11(18)8-3-9(14)10(19)4-7(6)8/h2-4,11,19-20H,5,18H2,1H3. The van der Waals surface area contributed by atoms with Crippen molar-refractivity contribution < 1.29 is 23.4 Å². The van der Waals surface area contributed by atoms with E-state index in [4.69, 9.17) is 17.3 Å². The van der Waals surface area contributed by atoms with Gasteiger partial charge in [0.2, 0.25) is 0 Å². The Kier molecular flexibility index (Phi) is 3.52. The number of nitrogens with two attached hydrogens (primary N) is 1. The molecule has 20 heavy (non-hydrogen) atoms. The van der Waals surface area contributed by atoms with Crippen LogP contribution < -0.4 is 5.73 Å². The molecular formula is C13H13ClF3NO2. The Bertz CT molecular complexity index is 586. The lowest BCUT2D eigenvalue weighted by Gasteiger charge is -2.41. The number of benzene rings is 1. The minimum absolute atomic E-state index is 0.0620. The van der Waals surface area contributed by atoms with Gasteiger partial charge < -0.3 is 15.9 Å². The minimum atomic E-state index is -4.87. The van der Waals surface area contributed by atoms with E-state index in [-0.39, 0.29) is 21.9 Å². The van der Waals surface area contributed by atoms with Gasteiger partial charge in [-0.25, -0.2) is 0 Å². The number of fused-ring (bicyclic) bond motifs is 1. The molecule has 0 bridgehead atoms. The summed E-state index contributed by atoms with van der Waals surface area (Å²) in [6.07, 6.45) is -4.08. The highest BCUT2D eigenvalue weighted by atomic mass is 35.5. The first-order valence-corrected chi connectivity index (χ1v) is 6.22. The summed E-state index contributed by atoms with van der Waals surface area (Å²) in [5.74, 6) is -0.241. The van der Waals surface area contributed by atoms with Gasteiger partial charge in [0.05, 0.1) is 11.1 Å². The molecule has 0 amide bonds. The van der Waals surface area contributed by atoms with Gasteiger partial charge in [-0.05, 0) is 35.8 Å². The molecule has 4 N–H and O–H groups in total. The van der Waals surface area contributed by atoms with E-state index in [9.17, 15) is 23.4 Å². The monoisotopic (exact) mass is 307 g/mol. The molecule has 0 aromatic heterocycles. The fourth-order valence-electron chi connectivity index (χ4n) is 2.40. The number of hydrogen-bond donors (Lipinski definition) is 3. The number of halogens is 4. The van der Waals surface area contributed by atoms with E-state index in [0.29, 0.717) is 5.56 Å². The van der Waals surface area contributed by atoms with E-state index in [1.807, 2.05) is 0 Å². The van der Waals surface area contributed by atoms with E-state index in [2.05, 4.69) is 0 Å². The number of aliphatic hydroxyl groups is 1. The molecule has 0 aliphatic heterocycles. The minimum Gasteiger partial charge on any atom is -0.506 e. The van der Waals surface area contributed by atoms with E-state index < -0.39 is 24.2 Å². The van der Waals surface area contributed by atoms with Crippen molar-refractivity contribution in [2.24, 2.45) is 5.73 Å². The lowest BCUT2D eigenvalue weighted by Crippen LogP contribution is -2.55. The van der Waals surface area contributed by atoms with Gasteiger partial charge in [-0.1, -0.05) is 17.7 Å². The van der Waals surface area contributed by atoms with Crippen LogP contribution in [0.4, 0.5) is 13.2 Å². The third kappa shape index (κ3) is 2.08. The zero-order valence-electron chi connectivity index (χ0n) is 10.5. The second kappa shape index (κ2) is 4.65. The van der Waals surface area contributed by atoms with Gasteiger partial charge in [-0.3, -0.25) is 0 Å². The van der Waals surface area contributed by atoms with Crippen molar-refractivity contribution in [1.29, 1.82) is 0 Å². The lowest BCUT2D eigenvalue weighted by atomic mass is 9.73. The summed E-state index contributed by atoms with van der Waals surface area (Å²) < 4.78 is 39.4. The third-order valence-electron chi connectivity index (χ3n) is 3.61. The summed E-state index contributed by atoms with van der Waals surface area (Å²) in [5, 5.41) is 19.5. The Hall–Kier alpha value is -1.24. The molecule has 1 aromatic carbocycles. The SMILES string of the molecule is CC=C1CC(O)(C(F)(F)F)C(N)c2cc(Cl)c(O)cc21. The Morgan fingerprint density at radius 3 is 2.55 bits per heavy atom. The van der Waals surface area contributed by atoms with E-state index in [0.717, 1.165) is 6.07 Å². The Morgan fingerprint density at radius 1 is 1.45 bits per heavy atom. The van der Waals surface area contributed by atoms with Crippen LogP contribution in [0, 0.1) is 0 Å². The number of rotatable bonds is 0. The molecule has 1 aliphatic carbocycles. The maximum atomic E-state index is 13.1. The molecule has 0 radical (unpaired) electrons. The molecule has 0 saturated carbocycles. The highest BCUT2D eigenvalue weighted by Crippen LogP contribution is 2.51. The maximum Gasteiger partial charge on any atom is 0.419 e. The molecule has 7 heteroatoms. The Morgan fingerprint density at radius 2 is 2.05 bits per heavy atom. The van der Waals surface area contributed by atoms with Gasteiger partial charge >= 0.3 is 6.18 Å². The van der Waals surface area contributed by atoms with Crippen molar-refractivity contribution in [2.75, 3.05) is 0 Å².